The molecule has 0 aromatic heterocycles. The first-order chi connectivity index (χ1) is 7.81. The summed E-state index contributed by atoms with van der Waals surface area (Å²) >= 11 is 0. The number of nitrogens with one attached hydrogen (secondary N) is 1. The summed E-state index contributed by atoms with van der Waals surface area (Å²) in [6.45, 7) is 3.24. The molecule has 0 aliphatic heterocycles. The number of likely N-dealkylation sites (N-methyl/N-ethyl adjacent to an activating group) is 2. The average Bonchev–Trinajstić information content (AvgIpc) is 3.11. The summed E-state index contributed by atoms with van der Waals surface area (Å²) in [5.41, 5.74) is 3.10. The van der Waals surface area contributed by atoms with Gasteiger partial charge in [0.1, 0.15) is 0 Å². The Kier molecular flexibility index (Phi) is 3.97. The van der Waals surface area contributed by atoms with Crippen molar-refractivity contribution in [1.29, 1.82) is 0 Å². The second-order valence-electron chi connectivity index (χ2n) is 4.81. The van der Waals surface area contributed by atoms with Crippen LogP contribution in [-0.4, -0.2) is 32.1 Å². The normalized spacial score (nSPS) is 15.7. The lowest BCUT2D eigenvalue weighted by atomic mass is 10.0. The van der Waals surface area contributed by atoms with E-state index in [2.05, 4.69) is 41.5 Å². The van der Waals surface area contributed by atoms with Crippen molar-refractivity contribution in [1.82, 2.24) is 10.2 Å². The van der Waals surface area contributed by atoms with Gasteiger partial charge in [0, 0.05) is 19.6 Å². The molecule has 1 aromatic carbocycles. The van der Waals surface area contributed by atoms with Crippen LogP contribution in [0.1, 0.15) is 29.9 Å². The Morgan fingerprint density at radius 2 is 2.06 bits per heavy atom. The Labute approximate surface area is 98.7 Å². The third-order valence-electron chi connectivity index (χ3n) is 3.26. The van der Waals surface area contributed by atoms with Gasteiger partial charge in [-0.25, -0.2) is 0 Å². The maximum Gasteiger partial charge on any atom is 0.0234 e. The predicted octanol–water partition coefficient (Wildman–Crippen LogP) is 2.22. The van der Waals surface area contributed by atoms with Gasteiger partial charge in [0.25, 0.3) is 0 Å². The molecule has 1 aromatic rings. The van der Waals surface area contributed by atoms with Gasteiger partial charge >= 0.3 is 0 Å². The smallest absolute Gasteiger partial charge is 0.0234 e. The van der Waals surface area contributed by atoms with Crippen molar-refractivity contribution in [3.05, 3.63) is 35.4 Å². The molecule has 1 aliphatic rings. The molecule has 0 amide bonds. The van der Waals surface area contributed by atoms with Crippen LogP contribution < -0.4 is 5.32 Å². The minimum atomic E-state index is 0.855. The van der Waals surface area contributed by atoms with Crippen LogP contribution in [0.25, 0.3) is 0 Å². The summed E-state index contributed by atoms with van der Waals surface area (Å²) in [6.07, 6.45) is 2.77. The monoisotopic (exact) mass is 218 g/mol. The number of hydrogen-bond acceptors (Lipinski definition) is 2. The van der Waals surface area contributed by atoms with Crippen molar-refractivity contribution in [3.8, 4) is 0 Å². The molecule has 2 nitrogen and oxygen atoms in total. The van der Waals surface area contributed by atoms with Crippen LogP contribution in [-0.2, 0) is 6.54 Å². The second kappa shape index (κ2) is 5.46. The van der Waals surface area contributed by atoms with Crippen molar-refractivity contribution in [2.75, 3.05) is 27.2 Å². The molecule has 1 saturated carbocycles. The van der Waals surface area contributed by atoms with E-state index in [-0.39, 0.29) is 0 Å². The summed E-state index contributed by atoms with van der Waals surface area (Å²) in [6, 6.07) is 8.92. The highest BCUT2D eigenvalue weighted by Gasteiger charge is 2.25. The van der Waals surface area contributed by atoms with Gasteiger partial charge in [-0.1, -0.05) is 24.3 Å². The summed E-state index contributed by atoms with van der Waals surface area (Å²) < 4.78 is 0. The van der Waals surface area contributed by atoms with Crippen LogP contribution in [0.2, 0.25) is 0 Å². The molecule has 1 aliphatic carbocycles. The SMILES string of the molecule is CNCCN(C)Cc1ccccc1C1CC1. The van der Waals surface area contributed by atoms with Crippen LogP contribution >= 0.6 is 0 Å². The number of rotatable bonds is 6. The van der Waals surface area contributed by atoms with E-state index >= 15 is 0 Å². The molecule has 1 fully saturated rings. The van der Waals surface area contributed by atoms with Crippen LogP contribution in [0.3, 0.4) is 0 Å². The van der Waals surface area contributed by atoms with E-state index in [1.807, 2.05) is 7.05 Å². The molecule has 0 radical (unpaired) electrons. The summed E-state index contributed by atoms with van der Waals surface area (Å²) in [5.74, 6) is 0.855. The first-order valence-electron chi connectivity index (χ1n) is 6.22. The molecular weight excluding hydrogens is 196 g/mol. The van der Waals surface area contributed by atoms with E-state index in [0.29, 0.717) is 0 Å². The van der Waals surface area contributed by atoms with Gasteiger partial charge in [0.15, 0.2) is 0 Å². The zero-order valence-corrected chi connectivity index (χ0v) is 10.4. The summed E-state index contributed by atoms with van der Waals surface area (Å²) in [7, 11) is 4.20. The standard InChI is InChI=1S/C14H22N2/c1-15-9-10-16(2)11-13-5-3-4-6-14(13)12-7-8-12/h3-6,12,15H,7-11H2,1-2H3. The molecule has 0 bridgehead atoms. The summed E-state index contributed by atoms with van der Waals surface area (Å²) in [4.78, 5) is 2.39. The van der Waals surface area contributed by atoms with E-state index in [0.717, 1.165) is 25.6 Å². The second-order valence-corrected chi connectivity index (χ2v) is 4.81. The van der Waals surface area contributed by atoms with E-state index in [4.69, 9.17) is 0 Å². The molecule has 2 rings (SSSR count). The van der Waals surface area contributed by atoms with Crippen LogP contribution in [0.5, 0.6) is 0 Å². The molecule has 0 atom stereocenters. The molecule has 0 unspecified atom stereocenters. The lowest BCUT2D eigenvalue weighted by molar-refractivity contribution is 0.327. The highest BCUT2D eigenvalue weighted by atomic mass is 15.1. The van der Waals surface area contributed by atoms with Crippen LogP contribution in [0.15, 0.2) is 24.3 Å². The predicted molar refractivity (Wildman–Crippen MR) is 68.7 cm³/mol. The lowest BCUT2D eigenvalue weighted by Gasteiger charge is -2.18. The quantitative estimate of drug-likeness (QED) is 0.787. The molecule has 0 heterocycles. The van der Waals surface area contributed by atoms with Gasteiger partial charge in [-0.05, 0) is 44.0 Å². The van der Waals surface area contributed by atoms with Crippen LogP contribution in [0.4, 0.5) is 0 Å². The van der Waals surface area contributed by atoms with Gasteiger partial charge < -0.3 is 10.2 Å². The van der Waals surface area contributed by atoms with Crippen molar-refractivity contribution in [3.63, 3.8) is 0 Å². The van der Waals surface area contributed by atoms with Gasteiger partial charge in [0.05, 0.1) is 0 Å². The first-order valence-corrected chi connectivity index (χ1v) is 6.22. The van der Waals surface area contributed by atoms with E-state index in [1.54, 1.807) is 5.56 Å². The number of hydrogen-bond donors (Lipinski definition) is 1. The zero-order chi connectivity index (χ0) is 11.4. The van der Waals surface area contributed by atoms with E-state index in [9.17, 15) is 0 Å². The maximum atomic E-state index is 3.19. The molecule has 2 heteroatoms. The fourth-order valence-corrected chi connectivity index (χ4v) is 2.14. The summed E-state index contributed by atoms with van der Waals surface area (Å²) in [5, 5.41) is 3.19. The highest BCUT2D eigenvalue weighted by molar-refractivity contribution is 5.33. The fraction of sp³-hybridized carbons (Fsp3) is 0.571. The molecule has 16 heavy (non-hydrogen) atoms. The van der Waals surface area contributed by atoms with Crippen molar-refractivity contribution in [2.24, 2.45) is 0 Å². The molecule has 0 saturated heterocycles. The van der Waals surface area contributed by atoms with Gasteiger partial charge in [-0.2, -0.15) is 0 Å². The van der Waals surface area contributed by atoms with E-state index in [1.165, 1.54) is 18.4 Å². The number of nitrogens with zero attached hydrogens (tertiary/aromatic N) is 1. The Bertz CT molecular complexity index is 331. The van der Waals surface area contributed by atoms with Gasteiger partial charge in [-0.15, -0.1) is 0 Å². The Morgan fingerprint density at radius 3 is 2.75 bits per heavy atom. The molecule has 0 spiro atoms. The van der Waals surface area contributed by atoms with E-state index < -0.39 is 0 Å². The van der Waals surface area contributed by atoms with Crippen molar-refractivity contribution in [2.45, 2.75) is 25.3 Å². The molecule has 1 N–H and O–H groups in total. The third kappa shape index (κ3) is 3.06. The van der Waals surface area contributed by atoms with Crippen molar-refractivity contribution >= 4 is 0 Å². The average molecular weight is 218 g/mol. The van der Waals surface area contributed by atoms with Gasteiger partial charge in [0.2, 0.25) is 0 Å². The first kappa shape index (κ1) is 11.6. The number of benzene rings is 1. The lowest BCUT2D eigenvalue weighted by Crippen LogP contribution is -2.27. The fourth-order valence-electron chi connectivity index (χ4n) is 2.14. The largest absolute Gasteiger partial charge is 0.318 e. The minimum absolute atomic E-state index is 0.855. The maximum absolute atomic E-state index is 3.19. The molecular formula is C14H22N2. The highest BCUT2D eigenvalue weighted by Crippen LogP contribution is 2.41. The Morgan fingerprint density at radius 1 is 1.31 bits per heavy atom. The van der Waals surface area contributed by atoms with Gasteiger partial charge in [-0.3, -0.25) is 0 Å². The van der Waals surface area contributed by atoms with Crippen LogP contribution in [0, 0.1) is 0 Å². The topological polar surface area (TPSA) is 15.3 Å². The Balaban J connectivity index is 1.97. The Hall–Kier alpha value is -0.860. The third-order valence-corrected chi connectivity index (χ3v) is 3.26. The zero-order valence-electron chi connectivity index (χ0n) is 10.4. The molecule has 88 valence electrons. The minimum Gasteiger partial charge on any atom is -0.318 e. The van der Waals surface area contributed by atoms with Crippen molar-refractivity contribution < 1.29 is 0 Å².